The summed E-state index contributed by atoms with van der Waals surface area (Å²) in [6.07, 6.45) is 0. The molecule has 7 nitrogen and oxygen atoms in total. The van der Waals surface area contributed by atoms with Gasteiger partial charge in [0.05, 0.1) is 22.1 Å². The highest BCUT2D eigenvalue weighted by Gasteiger charge is 2.22. The molecule has 0 radical (unpaired) electrons. The number of hydrogen-bond acceptors (Lipinski definition) is 5. The van der Waals surface area contributed by atoms with Crippen LogP contribution in [0.2, 0.25) is 0 Å². The molecule has 0 bridgehead atoms. The smallest absolute Gasteiger partial charge is 0.164 e. The summed E-state index contributed by atoms with van der Waals surface area (Å²) in [6.45, 7) is 0. The van der Waals surface area contributed by atoms with Crippen LogP contribution in [0.5, 0.6) is 0 Å². The number of rotatable bonds is 7. The van der Waals surface area contributed by atoms with Crippen molar-refractivity contribution in [3.05, 3.63) is 249 Å². The molecule has 0 atom stereocenters. The Bertz CT molecular complexity index is 4920. The van der Waals surface area contributed by atoms with Crippen LogP contribution in [0.1, 0.15) is 0 Å². The Morgan fingerprint density at radius 3 is 1.17 bits per heavy atom. The fourth-order valence-corrected chi connectivity index (χ4v) is 11.6. The number of furan rings is 2. The average Bonchev–Trinajstić information content (AvgIpc) is 4.25. The summed E-state index contributed by atoms with van der Waals surface area (Å²) >= 11 is 0. The molecule has 0 N–H and O–H groups in total. The van der Waals surface area contributed by atoms with Gasteiger partial charge >= 0.3 is 0 Å². The van der Waals surface area contributed by atoms with Crippen LogP contribution in [0.3, 0.4) is 0 Å². The normalized spacial score (nSPS) is 11.9. The predicted octanol–water partition coefficient (Wildman–Crippen LogP) is 18.2. The molecule has 0 aliphatic heterocycles. The number of benzene rings is 11. The van der Waals surface area contributed by atoms with E-state index in [1.54, 1.807) is 0 Å². The molecule has 76 heavy (non-hydrogen) atoms. The van der Waals surface area contributed by atoms with Gasteiger partial charge in [-0.05, 0) is 113 Å². The van der Waals surface area contributed by atoms with Crippen molar-refractivity contribution in [2.45, 2.75) is 0 Å². The standard InChI is InChI=1S/C69H41N5O2/c1-5-17-42(18-6-1)67-70-68(43-19-7-2-8-20-43)72-69(71-67)58-36-44(45-30-33-63-54(35-45)56-38-61-52(40-65(56)75-63)50-25-13-15-27-59(50)73(61)47-21-9-3-10-22-47)29-32-49(58)46-31-34-64-55(37-46)57-39-62-53(41-66(57)76-64)51-26-14-16-28-60(51)74(62)48-23-11-4-12-24-48/h1-41H. The number of nitrogens with zero attached hydrogens (tertiary/aromatic N) is 5. The highest BCUT2D eigenvalue weighted by Crippen LogP contribution is 2.44. The van der Waals surface area contributed by atoms with Gasteiger partial charge in [0.15, 0.2) is 17.5 Å². The van der Waals surface area contributed by atoms with Gasteiger partial charge in [-0.2, -0.15) is 0 Å². The minimum absolute atomic E-state index is 0.571. The molecule has 0 saturated carbocycles. The molecule has 0 aliphatic carbocycles. The molecule has 16 aromatic rings. The first-order valence-corrected chi connectivity index (χ1v) is 25.6. The van der Waals surface area contributed by atoms with Crippen LogP contribution in [-0.2, 0) is 0 Å². The Labute approximate surface area is 434 Å². The van der Waals surface area contributed by atoms with Crippen molar-refractivity contribution in [3.63, 3.8) is 0 Å². The van der Waals surface area contributed by atoms with E-state index in [9.17, 15) is 0 Å². The van der Waals surface area contributed by atoms with Gasteiger partial charge in [-0.3, -0.25) is 0 Å². The third-order valence-electron chi connectivity index (χ3n) is 15.2. The van der Waals surface area contributed by atoms with Crippen LogP contribution >= 0.6 is 0 Å². The molecule has 0 aliphatic rings. The first kappa shape index (κ1) is 42.2. The third-order valence-corrected chi connectivity index (χ3v) is 15.2. The Morgan fingerprint density at radius 1 is 0.237 bits per heavy atom. The van der Waals surface area contributed by atoms with Gasteiger partial charge in [-0.25, -0.2) is 15.0 Å². The molecule has 354 valence electrons. The summed E-state index contributed by atoms with van der Waals surface area (Å²) < 4.78 is 18.1. The van der Waals surface area contributed by atoms with Gasteiger partial charge in [0.2, 0.25) is 0 Å². The number of hydrogen-bond donors (Lipinski definition) is 0. The second-order valence-electron chi connectivity index (χ2n) is 19.5. The minimum Gasteiger partial charge on any atom is -0.456 e. The van der Waals surface area contributed by atoms with Gasteiger partial charge in [0, 0.05) is 71.2 Å². The molecule has 0 saturated heterocycles. The monoisotopic (exact) mass is 971 g/mol. The minimum atomic E-state index is 0.571. The summed E-state index contributed by atoms with van der Waals surface area (Å²) in [4.78, 5) is 15.7. The number of para-hydroxylation sites is 4. The Hall–Kier alpha value is -10.4. The van der Waals surface area contributed by atoms with E-state index in [1.165, 1.54) is 10.8 Å². The van der Waals surface area contributed by atoms with Crippen molar-refractivity contribution in [3.8, 4) is 67.8 Å². The summed E-state index contributed by atoms with van der Waals surface area (Å²) in [7, 11) is 0. The zero-order chi connectivity index (χ0) is 49.8. The summed E-state index contributed by atoms with van der Waals surface area (Å²) in [6, 6.07) is 87.4. The van der Waals surface area contributed by atoms with E-state index in [0.29, 0.717) is 17.5 Å². The van der Waals surface area contributed by atoms with Crippen molar-refractivity contribution >= 4 is 87.5 Å². The SMILES string of the molecule is c1ccc(-c2nc(-c3ccccc3)nc(-c3cc(-c4ccc5oc6cc7c8ccccc8n(-c8ccccc8)c7cc6c5c4)ccc3-c3ccc4oc5cc6c7ccccc7n(-c7ccccc7)c6cc5c4c3)n2)cc1. The average molecular weight is 972 g/mol. The van der Waals surface area contributed by atoms with Crippen LogP contribution in [0.25, 0.3) is 155 Å². The Kier molecular flexibility index (Phi) is 9.20. The van der Waals surface area contributed by atoms with E-state index < -0.39 is 0 Å². The molecule has 0 spiro atoms. The van der Waals surface area contributed by atoms with E-state index in [1.807, 2.05) is 36.4 Å². The molecule has 0 fully saturated rings. The lowest BCUT2D eigenvalue weighted by atomic mass is 9.93. The maximum atomic E-state index is 6.71. The topological polar surface area (TPSA) is 74.8 Å². The maximum Gasteiger partial charge on any atom is 0.164 e. The Morgan fingerprint density at radius 2 is 0.645 bits per heavy atom. The maximum absolute atomic E-state index is 6.71. The fraction of sp³-hybridized carbons (Fsp3) is 0. The quantitative estimate of drug-likeness (QED) is 0.159. The highest BCUT2D eigenvalue weighted by molar-refractivity contribution is 6.19. The van der Waals surface area contributed by atoms with Gasteiger partial charge < -0.3 is 18.0 Å². The lowest BCUT2D eigenvalue weighted by Crippen LogP contribution is -2.01. The first-order valence-electron chi connectivity index (χ1n) is 25.6. The van der Waals surface area contributed by atoms with Gasteiger partial charge in [0.25, 0.3) is 0 Å². The van der Waals surface area contributed by atoms with Crippen molar-refractivity contribution in [2.75, 3.05) is 0 Å². The third kappa shape index (κ3) is 6.59. The zero-order valence-corrected chi connectivity index (χ0v) is 40.7. The molecule has 11 aromatic carbocycles. The lowest BCUT2D eigenvalue weighted by molar-refractivity contribution is 0.669. The summed E-state index contributed by atoms with van der Waals surface area (Å²) in [5, 5.41) is 8.83. The fourth-order valence-electron chi connectivity index (χ4n) is 11.6. The van der Waals surface area contributed by atoms with Crippen LogP contribution in [0.15, 0.2) is 258 Å². The molecule has 7 heteroatoms. The second kappa shape index (κ2) is 16.6. The molecule has 5 aromatic heterocycles. The van der Waals surface area contributed by atoms with E-state index in [0.717, 1.165) is 127 Å². The highest BCUT2D eigenvalue weighted by atomic mass is 16.3. The van der Waals surface area contributed by atoms with Crippen LogP contribution in [-0.4, -0.2) is 24.1 Å². The molecular weight excluding hydrogens is 931 g/mol. The van der Waals surface area contributed by atoms with Gasteiger partial charge in [0.1, 0.15) is 22.3 Å². The van der Waals surface area contributed by atoms with E-state index in [4.69, 9.17) is 23.8 Å². The summed E-state index contributed by atoms with van der Waals surface area (Å²) in [5.74, 6) is 1.77. The number of aromatic nitrogens is 5. The van der Waals surface area contributed by atoms with Crippen LogP contribution < -0.4 is 0 Å². The second-order valence-corrected chi connectivity index (χ2v) is 19.5. The van der Waals surface area contributed by atoms with Crippen molar-refractivity contribution < 1.29 is 8.83 Å². The van der Waals surface area contributed by atoms with E-state index in [2.05, 4.69) is 221 Å². The molecule has 0 amide bonds. The first-order chi connectivity index (χ1) is 37.6. The zero-order valence-electron chi connectivity index (χ0n) is 40.7. The number of fused-ring (bicyclic) bond motifs is 12. The summed E-state index contributed by atoms with van der Waals surface area (Å²) in [5.41, 5.74) is 16.9. The van der Waals surface area contributed by atoms with Crippen LogP contribution in [0.4, 0.5) is 0 Å². The van der Waals surface area contributed by atoms with Crippen molar-refractivity contribution in [1.29, 1.82) is 0 Å². The molecule has 16 rings (SSSR count). The van der Waals surface area contributed by atoms with Gasteiger partial charge in [-0.1, -0.05) is 158 Å². The molecule has 5 heterocycles. The van der Waals surface area contributed by atoms with Gasteiger partial charge in [-0.15, -0.1) is 0 Å². The Balaban J connectivity index is 0.910. The predicted molar refractivity (Wildman–Crippen MR) is 310 cm³/mol. The van der Waals surface area contributed by atoms with Crippen molar-refractivity contribution in [2.24, 2.45) is 0 Å². The largest absolute Gasteiger partial charge is 0.456 e. The van der Waals surface area contributed by atoms with Crippen molar-refractivity contribution in [1.82, 2.24) is 24.1 Å². The van der Waals surface area contributed by atoms with E-state index >= 15 is 0 Å². The van der Waals surface area contributed by atoms with E-state index in [-0.39, 0.29) is 0 Å². The molecule has 0 unspecified atom stereocenters. The molecular formula is C69H41N5O2. The lowest BCUT2D eigenvalue weighted by Gasteiger charge is -2.14. The van der Waals surface area contributed by atoms with Crippen LogP contribution in [0, 0.1) is 0 Å².